The van der Waals surface area contributed by atoms with Crippen molar-refractivity contribution in [3.05, 3.63) is 0 Å². The van der Waals surface area contributed by atoms with E-state index in [0.29, 0.717) is 0 Å². The molecule has 0 aromatic rings. The minimum absolute atomic E-state index is 0. The molecule has 0 aromatic heterocycles. The fourth-order valence-corrected chi connectivity index (χ4v) is 0.724. The van der Waals surface area contributed by atoms with E-state index in [1.54, 1.807) is 0 Å². The van der Waals surface area contributed by atoms with Crippen LogP contribution in [-0.4, -0.2) is 114 Å². The standard InChI is InChI=1S/C6H8O8.2Na.2H/c7-2(8)1-6(14,5(12)13)3(9)4(10)11;;;;/h3,9,14H,1H2,(H,7,8)(H,10,11)(H,12,13);;;;. The fraction of sp³-hybridized carbons (Fsp3) is 0.500. The van der Waals surface area contributed by atoms with Crippen molar-refractivity contribution in [3.8, 4) is 0 Å². The SMILES string of the molecule is O=C(O)CC(O)(C(=O)O)C(O)C(=O)O.[NaH].[NaH]. The molecular formula is C6H10Na2O8. The molecule has 0 bridgehead atoms. The number of rotatable bonds is 5. The second-order valence-corrected chi connectivity index (χ2v) is 2.54. The Labute approximate surface area is 134 Å². The molecule has 2 atom stereocenters. The van der Waals surface area contributed by atoms with E-state index >= 15 is 0 Å². The molecule has 2 unspecified atom stereocenters. The Morgan fingerprint density at radius 3 is 1.62 bits per heavy atom. The Kier molecular flexibility index (Phi) is 11.4. The molecule has 10 heteroatoms. The maximum absolute atomic E-state index is 10.4. The molecule has 0 rings (SSSR count). The molecule has 0 spiro atoms. The van der Waals surface area contributed by atoms with E-state index in [1.807, 2.05) is 0 Å². The predicted molar refractivity (Wildman–Crippen MR) is 52.8 cm³/mol. The first-order chi connectivity index (χ1) is 6.21. The summed E-state index contributed by atoms with van der Waals surface area (Å²) in [5.74, 6) is -5.87. The van der Waals surface area contributed by atoms with Crippen molar-refractivity contribution in [2.45, 2.75) is 18.1 Å². The van der Waals surface area contributed by atoms with Gasteiger partial charge in [-0.25, -0.2) is 9.59 Å². The van der Waals surface area contributed by atoms with Crippen LogP contribution in [0.15, 0.2) is 0 Å². The molecule has 8 nitrogen and oxygen atoms in total. The Balaban J connectivity index is -0.000000845. The van der Waals surface area contributed by atoms with E-state index in [0.717, 1.165) is 0 Å². The number of carboxylic acids is 3. The molecule has 0 amide bonds. The van der Waals surface area contributed by atoms with Gasteiger partial charge in [-0.05, 0) is 0 Å². The zero-order chi connectivity index (χ0) is 11.5. The van der Waals surface area contributed by atoms with E-state index in [-0.39, 0.29) is 59.1 Å². The van der Waals surface area contributed by atoms with Gasteiger partial charge >= 0.3 is 77.0 Å². The molecule has 0 aromatic carbocycles. The summed E-state index contributed by atoms with van der Waals surface area (Å²) in [5.41, 5.74) is -3.22. The van der Waals surface area contributed by atoms with Gasteiger partial charge in [-0.15, -0.1) is 0 Å². The van der Waals surface area contributed by atoms with Gasteiger partial charge in [0.2, 0.25) is 5.60 Å². The molecule has 0 aliphatic rings. The fourth-order valence-electron chi connectivity index (χ4n) is 0.724. The van der Waals surface area contributed by atoms with Crippen molar-refractivity contribution in [1.82, 2.24) is 0 Å². The molecule has 0 fully saturated rings. The van der Waals surface area contributed by atoms with Crippen LogP contribution < -0.4 is 0 Å². The third kappa shape index (κ3) is 5.60. The molecule has 0 radical (unpaired) electrons. The first-order valence-corrected chi connectivity index (χ1v) is 3.30. The van der Waals surface area contributed by atoms with Gasteiger partial charge in [-0.2, -0.15) is 0 Å². The van der Waals surface area contributed by atoms with Gasteiger partial charge in [0.25, 0.3) is 0 Å². The van der Waals surface area contributed by atoms with Gasteiger partial charge in [-0.1, -0.05) is 0 Å². The maximum atomic E-state index is 10.4. The van der Waals surface area contributed by atoms with E-state index in [2.05, 4.69) is 0 Å². The zero-order valence-electron chi connectivity index (χ0n) is 6.75. The monoisotopic (exact) mass is 256 g/mol. The van der Waals surface area contributed by atoms with Gasteiger partial charge in [0.1, 0.15) is 0 Å². The number of hydrogen-bond donors (Lipinski definition) is 5. The van der Waals surface area contributed by atoms with Crippen molar-refractivity contribution in [2.75, 3.05) is 0 Å². The number of aliphatic hydroxyl groups excluding tert-OH is 1. The molecule has 0 heterocycles. The minimum atomic E-state index is -3.22. The summed E-state index contributed by atoms with van der Waals surface area (Å²) in [6.07, 6.45) is -4.11. The number of carboxylic acid groups (broad SMARTS) is 3. The summed E-state index contributed by atoms with van der Waals surface area (Å²) >= 11 is 0. The summed E-state index contributed by atoms with van der Waals surface area (Å²) in [6, 6.07) is 0. The van der Waals surface area contributed by atoms with Crippen molar-refractivity contribution < 1.29 is 39.9 Å². The van der Waals surface area contributed by atoms with Crippen LogP contribution in [0, 0.1) is 0 Å². The molecule has 16 heavy (non-hydrogen) atoms. The van der Waals surface area contributed by atoms with E-state index in [9.17, 15) is 14.4 Å². The molecule has 0 saturated carbocycles. The molecule has 0 saturated heterocycles. The van der Waals surface area contributed by atoms with Crippen LogP contribution in [0.2, 0.25) is 0 Å². The number of hydrogen-bond acceptors (Lipinski definition) is 5. The third-order valence-electron chi connectivity index (χ3n) is 1.48. The molecule has 5 N–H and O–H groups in total. The Hall–Kier alpha value is 0.330. The summed E-state index contributed by atoms with van der Waals surface area (Å²) in [7, 11) is 0. The molecule has 0 aliphatic carbocycles. The average Bonchev–Trinajstić information content (AvgIpc) is 2.00. The van der Waals surface area contributed by atoms with Crippen LogP contribution in [0.4, 0.5) is 0 Å². The van der Waals surface area contributed by atoms with Crippen LogP contribution in [0.25, 0.3) is 0 Å². The van der Waals surface area contributed by atoms with Crippen LogP contribution in [0.3, 0.4) is 0 Å². The van der Waals surface area contributed by atoms with E-state index in [1.165, 1.54) is 0 Å². The zero-order valence-corrected chi connectivity index (χ0v) is 6.75. The summed E-state index contributed by atoms with van der Waals surface area (Å²) in [4.78, 5) is 30.7. The van der Waals surface area contributed by atoms with E-state index in [4.69, 9.17) is 25.5 Å². The van der Waals surface area contributed by atoms with Crippen molar-refractivity contribution in [3.63, 3.8) is 0 Å². The molecule has 84 valence electrons. The molecule has 0 aliphatic heterocycles. The van der Waals surface area contributed by atoms with Crippen molar-refractivity contribution in [1.29, 1.82) is 0 Å². The van der Waals surface area contributed by atoms with Gasteiger partial charge < -0.3 is 25.5 Å². The van der Waals surface area contributed by atoms with Crippen molar-refractivity contribution in [2.24, 2.45) is 0 Å². The first-order valence-electron chi connectivity index (χ1n) is 3.30. The first kappa shape index (κ1) is 21.6. The topological polar surface area (TPSA) is 152 Å². The Morgan fingerprint density at radius 1 is 1.06 bits per heavy atom. The van der Waals surface area contributed by atoms with Crippen molar-refractivity contribution >= 4 is 77.0 Å². The normalized spacial score (nSPS) is 14.6. The van der Waals surface area contributed by atoms with Gasteiger partial charge in [0, 0.05) is 0 Å². The third-order valence-corrected chi connectivity index (χ3v) is 1.48. The number of carbonyl (C=O) groups is 3. The van der Waals surface area contributed by atoms with Crippen LogP contribution in [-0.2, 0) is 14.4 Å². The second kappa shape index (κ2) is 8.43. The Bertz CT molecular complexity index is 280. The quantitative estimate of drug-likeness (QED) is 0.316. The van der Waals surface area contributed by atoms with Gasteiger partial charge in [0.15, 0.2) is 6.10 Å². The summed E-state index contributed by atoms with van der Waals surface area (Å²) in [5, 5.41) is 42.6. The Morgan fingerprint density at radius 2 is 1.44 bits per heavy atom. The predicted octanol–water partition coefficient (Wildman–Crippen LogP) is -3.57. The van der Waals surface area contributed by atoms with Crippen LogP contribution in [0.5, 0.6) is 0 Å². The average molecular weight is 256 g/mol. The van der Waals surface area contributed by atoms with Gasteiger partial charge in [0.05, 0.1) is 6.42 Å². The molecular weight excluding hydrogens is 246 g/mol. The second-order valence-electron chi connectivity index (χ2n) is 2.54. The summed E-state index contributed by atoms with van der Waals surface area (Å²) in [6.45, 7) is 0. The number of aliphatic carboxylic acids is 3. The van der Waals surface area contributed by atoms with Crippen LogP contribution in [0.1, 0.15) is 6.42 Å². The van der Waals surface area contributed by atoms with Gasteiger partial charge in [-0.3, -0.25) is 4.79 Å². The number of aliphatic hydroxyl groups is 2. The van der Waals surface area contributed by atoms with Crippen LogP contribution >= 0.6 is 0 Å². The van der Waals surface area contributed by atoms with E-state index < -0.39 is 36.0 Å². The summed E-state index contributed by atoms with van der Waals surface area (Å²) < 4.78 is 0.